The van der Waals surface area contributed by atoms with Gasteiger partial charge in [0.1, 0.15) is 11.5 Å². The highest BCUT2D eigenvalue weighted by Gasteiger charge is 2.29. The van der Waals surface area contributed by atoms with Crippen molar-refractivity contribution in [3.05, 3.63) is 50.9 Å². The van der Waals surface area contributed by atoms with Crippen molar-refractivity contribution in [2.45, 2.75) is 26.2 Å². The quantitative estimate of drug-likeness (QED) is 0.583. The summed E-state index contributed by atoms with van der Waals surface area (Å²) in [5.41, 5.74) is 7.66. The predicted octanol–water partition coefficient (Wildman–Crippen LogP) is 3.02. The van der Waals surface area contributed by atoms with Crippen molar-refractivity contribution in [3.63, 3.8) is 0 Å². The van der Waals surface area contributed by atoms with E-state index in [0.29, 0.717) is 40.1 Å². The molecule has 11 heteroatoms. The molecule has 2 aromatic rings. The van der Waals surface area contributed by atoms with Crippen molar-refractivity contribution in [2.75, 3.05) is 39.8 Å². The van der Waals surface area contributed by atoms with Gasteiger partial charge in [0.2, 0.25) is 0 Å². The number of ether oxygens (including phenoxy) is 1. The molecular formula is C23H27Cl2N5O4. The highest BCUT2D eigenvalue weighted by atomic mass is 35.5. The number of carbonyl (C=O) groups is 2. The minimum atomic E-state index is -0.431. The third kappa shape index (κ3) is 5.72. The molecule has 0 saturated carbocycles. The smallest absolute Gasteiger partial charge is 0.301 e. The molecule has 34 heavy (non-hydrogen) atoms. The Kier molecular flexibility index (Phi) is 7.77. The molecular weight excluding hydrogens is 481 g/mol. The average Bonchev–Trinajstić information content (AvgIpc) is 3.16. The number of likely N-dealkylation sites (N-methyl/N-ethyl adjacent to an activating group) is 1. The number of hydrogen-bond acceptors (Lipinski definition) is 7. The van der Waals surface area contributed by atoms with Gasteiger partial charge in [0.25, 0.3) is 5.91 Å². The van der Waals surface area contributed by atoms with E-state index in [1.165, 1.54) is 0 Å². The maximum Gasteiger partial charge on any atom is 0.301 e. The number of nitrogens with zero attached hydrogens (tertiary/aromatic N) is 3. The largest absolute Gasteiger partial charge is 0.482 e. The van der Waals surface area contributed by atoms with Crippen molar-refractivity contribution in [1.82, 2.24) is 20.8 Å². The average molecular weight is 508 g/mol. The molecule has 9 nitrogen and oxygen atoms in total. The van der Waals surface area contributed by atoms with Gasteiger partial charge in [0.05, 0.1) is 10.7 Å². The number of rotatable bonds is 6. The number of hydrazine groups is 1. The van der Waals surface area contributed by atoms with E-state index < -0.39 is 5.91 Å². The first-order valence-corrected chi connectivity index (χ1v) is 11.9. The van der Waals surface area contributed by atoms with Crippen LogP contribution in [-0.4, -0.2) is 67.3 Å². The Labute approximate surface area is 208 Å². The number of aryl methyl sites for hydroxylation is 1. The lowest BCUT2D eigenvalue weighted by Gasteiger charge is -2.32. The van der Waals surface area contributed by atoms with Crippen molar-refractivity contribution < 1.29 is 18.7 Å². The van der Waals surface area contributed by atoms with E-state index in [1.54, 1.807) is 18.2 Å². The highest BCUT2D eigenvalue weighted by Crippen LogP contribution is 2.30. The monoisotopic (exact) mass is 507 g/mol. The van der Waals surface area contributed by atoms with E-state index in [0.717, 1.165) is 43.7 Å². The van der Waals surface area contributed by atoms with Gasteiger partial charge in [0.15, 0.2) is 12.4 Å². The van der Waals surface area contributed by atoms with Crippen molar-refractivity contribution >= 4 is 40.7 Å². The Balaban J connectivity index is 1.40. The Bertz CT molecular complexity index is 1110. The maximum atomic E-state index is 12.9. The van der Waals surface area contributed by atoms with Gasteiger partial charge in [-0.2, -0.15) is 5.10 Å². The summed E-state index contributed by atoms with van der Waals surface area (Å²) < 4.78 is 11.4. The van der Waals surface area contributed by atoms with Gasteiger partial charge in [-0.25, -0.2) is 10.4 Å². The molecule has 1 saturated heterocycles. The molecule has 0 radical (unpaired) electrons. The molecule has 182 valence electrons. The fourth-order valence-corrected chi connectivity index (χ4v) is 4.47. The minimum absolute atomic E-state index is 0.256. The molecule has 1 aromatic heterocycles. The topological polar surface area (TPSA) is 99.4 Å². The first-order valence-electron chi connectivity index (χ1n) is 11.1. The Hall–Kier alpha value is -2.59. The Morgan fingerprint density at radius 3 is 2.68 bits per heavy atom. The number of hydrogen-bond donors (Lipinski definition) is 2. The van der Waals surface area contributed by atoms with Crippen LogP contribution >= 0.6 is 23.2 Å². The standard InChI is InChI=1S/C23H27Cl2N5O4/c1-14-21-17(26-27-20(31)13-33-18-7-6-15(24)12-16(18)25)4-3-5-19(21)34-22(14)23(32)28-30-10-8-29(2)9-11-30/h6-7,12H,3-5,8-11,13H2,1-2H3,(H,27,31)(H,28,32)/b26-17+. The van der Waals surface area contributed by atoms with Crippen LogP contribution in [0.5, 0.6) is 5.75 Å². The molecule has 0 bridgehead atoms. The van der Waals surface area contributed by atoms with E-state index in [4.69, 9.17) is 32.4 Å². The second-order valence-electron chi connectivity index (χ2n) is 8.40. The van der Waals surface area contributed by atoms with E-state index >= 15 is 0 Å². The van der Waals surface area contributed by atoms with Crippen LogP contribution < -0.4 is 15.6 Å². The Morgan fingerprint density at radius 2 is 1.94 bits per heavy atom. The van der Waals surface area contributed by atoms with Gasteiger partial charge in [0, 0.05) is 48.7 Å². The molecule has 1 aromatic carbocycles. The third-order valence-electron chi connectivity index (χ3n) is 5.86. The second kappa shape index (κ2) is 10.8. The lowest BCUT2D eigenvalue weighted by Crippen LogP contribution is -2.52. The summed E-state index contributed by atoms with van der Waals surface area (Å²) in [5, 5.41) is 7.01. The van der Waals surface area contributed by atoms with Crippen LogP contribution in [-0.2, 0) is 11.2 Å². The fourth-order valence-electron chi connectivity index (χ4n) is 4.01. The summed E-state index contributed by atoms with van der Waals surface area (Å²) >= 11 is 11.9. The molecule has 4 rings (SSSR count). The predicted molar refractivity (Wildman–Crippen MR) is 130 cm³/mol. The molecule has 1 aliphatic heterocycles. The number of hydrazone groups is 1. The van der Waals surface area contributed by atoms with Gasteiger partial charge < -0.3 is 14.1 Å². The molecule has 2 amide bonds. The van der Waals surface area contributed by atoms with Gasteiger partial charge in [-0.1, -0.05) is 23.2 Å². The van der Waals surface area contributed by atoms with Crippen LogP contribution in [0.1, 0.15) is 40.3 Å². The molecule has 0 atom stereocenters. The lowest BCUT2D eigenvalue weighted by molar-refractivity contribution is -0.123. The number of benzene rings is 1. The number of furan rings is 1. The summed E-state index contributed by atoms with van der Waals surface area (Å²) in [7, 11) is 2.06. The van der Waals surface area contributed by atoms with Gasteiger partial charge in [-0.15, -0.1) is 0 Å². The zero-order valence-corrected chi connectivity index (χ0v) is 20.6. The molecule has 1 fully saturated rings. The normalized spacial score (nSPS) is 17.9. The minimum Gasteiger partial charge on any atom is -0.482 e. The number of carbonyl (C=O) groups excluding carboxylic acids is 2. The van der Waals surface area contributed by atoms with Crippen LogP contribution in [0.2, 0.25) is 10.0 Å². The highest BCUT2D eigenvalue weighted by molar-refractivity contribution is 6.35. The summed E-state index contributed by atoms with van der Waals surface area (Å²) in [4.78, 5) is 27.4. The van der Waals surface area contributed by atoms with Gasteiger partial charge in [-0.05, 0) is 45.0 Å². The summed E-state index contributed by atoms with van der Waals surface area (Å²) in [6.45, 7) is 4.87. The number of fused-ring (bicyclic) bond motifs is 1. The number of nitrogens with one attached hydrogen (secondary N) is 2. The molecule has 2 aliphatic rings. The van der Waals surface area contributed by atoms with E-state index in [2.05, 4.69) is 27.9 Å². The van der Waals surface area contributed by atoms with Crippen LogP contribution in [0.4, 0.5) is 0 Å². The third-order valence-corrected chi connectivity index (χ3v) is 6.39. The molecule has 0 spiro atoms. The zero-order chi connectivity index (χ0) is 24.2. The first-order chi connectivity index (χ1) is 16.3. The summed E-state index contributed by atoms with van der Waals surface area (Å²) in [6.07, 6.45) is 2.19. The number of halogens is 2. The second-order valence-corrected chi connectivity index (χ2v) is 9.24. The SMILES string of the molecule is Cc1c(C(=O)NN2CCN(C)CC2)oc2c1/C(=N/NC(=O)COc1ccc(Cl)cc1Cl)CCC2. The van der Waals surface area contributed by atoms with Gasteiger partial charge >= 0.3 is 5.91 Å². The molecule has 0 unspecified atom stereocenters. The van der Waals surface area contributed by atoms with Crippen LogP contribution in [0, 0.1) is 6.92 Å². The molecule has 2 N–H and O–H groups in total. The summed E-state index contributed by atoms with van der Waals surface area (Å²) in [6, 6.07) is 4.77. The van der Waals surface area contributed by atoms with E-state index in [1.807, 2.05) is 11.9 Å². The van der Waals surface area contributed by atoms with Crippen molar-refractivity contribution in [2.24, 2.45) is 5.10 Å². The van der Waals surface area contributed by atoms with Crippen molar-refractivity contribution in [1.29, 1.82) is 0 Å². The first kappa shape index (κ1) is 24.5. The van der Waals surface area contributed by atoms with Gasteiger partial charge in [-0.3, -0.25) is 15.0 Å². The van der Waals surface area contributed by atoms with Crippen LogP contribution in [0.3, 0.4) is 0 Å². The fraction of sp³-hybridized carbons (Fsp3) is 0.435. The Morgan fingerprint density at radius 1 is 1.18 bits per heavy atom. The van der Waals surface area contributed by atoms with E-state index in [9.17, 15) is 9.59 Å². The number of amides is 2. The lowest BCUT2D eigenvalue weighted by atomic mass is 9.93. The number of piperazine rings is 1. The maximum absolute atomic E-state index is 12.9. The summed E-state index contributed by atoms with van der Waals surface area (Å²) in [5.74, 6) is 0.651. The van der Waals surface area contributed by atoms with Crippen molar-refractivity contribution in [3.8, 4) is 5.75 Å². The molecule has 1 aliphatic carbocycles. The zero-order valence-electron chi connectivity index (χ0n) is 19.1. The van der Waals surface area contributed by atoms with E-state index in [-0.39, 0.29) is 18.3 Å². The van der Waals surface area contributed by atoms with Crippen LogP contribution in [0.25, 0.3) is 0 Å². The van der Waals surface area contributed by atoms with Crippen LogP contribution in [0.15, 0.2) is 27.7 Å². The molecule has 2 heterocycles.